The smallest absolute Gasteiger partial charge is 0.182 e. The number of halogens is 1. The van der Waals surface area contributed by atoms with Gasteiger partial charge in [0.15, 0.2) is 5.82 Å². The summed E-state index contributed by atoms with van der Waals surface area (Å²) in [5.74, 6) is 1.18. The quantitative estimate of drug-likeness (QED) is 0.850. The van der Waals surface area contributed by atoms with E-state index in [1.807, 2.05) is 6.07 Å². The molecular formula is C11H14ClN5. The van der Waals surface area contributed by atoms with Gasteiger partial charge in [0.25, 0.3) is 0 Å². The molecule has 2 aromatic rings. The summed E-state index contributed by atoms with van der Waals surface area (Å²) >= 11 is 5.88. The topological polar surface area (TPSA) is 69.6 Å². The van der Waals surface area contributed by atoms with Crippen molar-refractivity contribution >= 4 is 17.3 Å². The number of anilines is 1. The van der Waals surface area contributed by atoms with E-state index in [1.165, 1.54) is 0 Å². The lowest BCUT2D eigenvalue weighted by Crippen LogP contribution is -2.08. The molecule has 1 aromatic carbocycles. The van der Waals surface area contributed by atoms with Crippen molar-refractivity contribution in [2.24, 2.45) is 5.92 Å². The fourth-order valence-electron chi connectivity index (χ4n) is 1.56. The molecule has 1 heterocycles. The van der Waals surface area contributed by atoms with E-state index in [0.29, 0.717) is 22.5 Å². The van der Waals surface area contributed by atoms with Crippen LogP contribution in [0.15, 0.2) is 18.2 Å². The van der Waals surface area contributed by atoms with E-state index in [0.717, 1.165) is 12.1 Å². The first-order valence-electron chi connectivity index (χ1n) is 5.39. The number of nitrogens with two attached hydrogens (primary N) is 1. The lowest BCUT2D eigenvalue weighted by atomic mass is 10.2. The molecule has 0 aliphatic carbocycles. The zero-order valence-electron chi connectivity index (χ0n) is 9.76. The van der Waals surface area contributed by atoms with Crippen LogP contribution in [0, 0.1) is 5.92 Å². The molecule has 0 fully saturated rings. The minimum atomic E-state index is 0.474. The number of nitrogen functional groups attached to an aromatic ring is 1. The molecule has 0 atom stereocenters. The summed E-state index contributed by atoms with van der Waals surface area (Å²) in [4.78, 5) is 0. The van der Waals surface area contributed by atoms with Gasteiger partial charge in [0, 0.05) is 12.1 Å². The maximum atomic E-state index is 5.88. The Kier molecular flexibility index (Phi) is 3.28. The highest BCUT2D eigenvalue weighted by Crippen LogP contribution is 2.25. The second-order valence-electron chi connectivity index (χ2n) is 4.31. The molecule has 90 valence electrons. The summed E-state index contributed by atoms with van der Waals surface area (Å²) in [5.41, 5.74) is 7.17. The molecular weight excluding hydrogens is 238 g/mol. The molecule has 17 heavy (non-hydrogen) atoms. The van der Waals surface area contributed by atoms with Gasteiger partial charge in [0.05, 0.1) is 10.7 Å². The van der Waals surface area contributed by atoms with E-state index in [-0.39, 0.29) is 0 Å². The average molecular weight is 252 g/mol. The van der Waals surface area contributed by atoms with Crippen LogP contribution in [0.3, 0.4) is 0 Å². The van der Waals surface area contributed by atoms with E-state index in [2.05, 4.69) is 29.4 Å². The van der Waals surface area contributed by atoms with Gasteiger partial charge >= 0.3 is 0 Å². The van der Waals surface area contributed by atoms with Crippen LogP contribution in [0.1, 0.15) is 13.8 Å². The van der Waals surface area contributed by atoms with Crippen molar-refractivity contribution in [2.45, 2.75) is 20.4 Å². The van der Waals surface area contributed by atoms with Gasteiger partial charge in [-0.2, -0.15) is 0 Å². The van der Waals surface area contributed by atoms with Crippen molar-refractivity contribution in [1.29, 1.82) is 0 Å². The number of benzene rings is 1. The summed E-state index contributed by atoms with van der Waals surface area (Å²) in [6.07, 6.45) is 0. The highest BCUT2D eigenvalue weighted by atomic mass is 35.5. The first-order valence-corrected chi connectivity index (χ1v) is 5.77. The number of hydrogen-bond acceptors (Lipinski definition) is 4. The third-order valence-corrected chi connectivity index (χ3v) is 2.67. The summed E-state index contributed by atoms with van der Waals surface area (Å²) in [7, 11) is 0. The molecule has 0 saturated heterocycles. The monoisotopic (exact) mass is 251 g/mol. The maximum Gasteiger partial charge on any atom is 0.182 e. The van der Waals surface area contributed by atoms with Gasteiger partial charge in [-0.15, -0.1) is 5.10 Å². The molecule has 5 nitrogen and oxygen atoms in total. The average Bonchev–Trinajstić information content (AvgIpc) is 2.69. The Morgan fingerprint density at radius 1 is 1.41 bits per heavy atom. The van der Waals surface area contributed by atoms with Gasteiger partial charge in [0.2, 0.25) is 0 Å². The fraction of sp³-hybridized carbons (Fsp3) is 0.364. The lowest BCUT2D eigenvalue weighted by molar-refractivity contribution is 0.475. The standard InChI is InChI=1S/C11H14ClN5/c1-7(2)6-17-11(14-15-16-17)8-3-4-9(12)10(13)5-8/h3-5,7H,6,13H2,1-2H3. The molecule has 2 N–H and O–H groups in total. The summed E-state index contributed by atoms with van der Waals surface area (Å²) in [6, 6.07) is 5.40. The maximum absolute atomic E-state index is 5.88. The number of hydrogen-bond donors (Lipinski definition) is 1. The normalized spacial score (nSPS) is 11.1. The van der Waals surface area contributed by atoms with E-state index in [4.69, 9.17) is 17.3 Å². The molecule has 0 spiro atoms. The van der Waals surface area contributed by atoms with E-state index < -0.39 is 0 Å². The second-order valence-corrected chi connectivity index (χ2v) is 4.72. The highest BCUT2D eigenvalue weighted by molar-refractivity contribution is 6.33. The van der Waals surface area contributed by atoms with Gasteiger partial charge in [-0.05, 0) is 34.5 Å². The first kappa shape index (κ1) is 11.9. The fourth-order valence-corrected chi connectivity index (χ4v) is 1.68. The van der Waals surface area contributed by atoms with Gasteiger partial charge in [0.1, 0.15) is 0 Å². The van der Waals surface area contributed by atoms with Crippen LogP contribution in [-0.4, -0.2) is 20.2 Å². The number of tetrazole rings is 1. The Morgan fingerprint density at radius 2 is 2.18 bits per heavy atom. The van der Waals surface area contributed by atoms with Crippen LogP contribution in [0.2, 0.25) is 5.02 Å². The summed E-state index contributed by atoms with van der Waals surface area (Å²) in [5, 5.41) is 12.2. The summed E-state index contributed by atoms with van der Waals surface area (Å²) in [6.45, 7) is 4.99. The molecule has 0 amide bonds. The predicted molar refractivity (Wildman–Crippen MR) is 67.5 cm³/mol. The molecule has 0 radical (unpaired) electrons. The van der Waals surface area contributed by atoms with Crippen molar-refractivity contribution < 1.29 is 0 Å². The van der Waals surface area contributed by atoms with Gasteiger partial charge in [-0.1, -0.05) is 25.4 Å². The van der Waals surface area contributed by atoms with Crippen LogP contribution in [0.5, 0.6) is 0 Å². The molecule has 2 rings (SSSR count). The van der Waals surface area contributed by atoms with Crippen molar-refractivity contribution in [3.05, 3.63) is 23.2 Å². The zero-order chi connectivity index (χ0) is 12.4. The summed E-state index contributed by atoms with van der Waals surface area (Å²) < 4.78 is 1.77. The first-order chi connectivity index (χ1) is 8.08. The van der Waals surface area contributed by atoms with Gasteiger partial charge in [-0.25, -0.2) is 4.68 Å². The van der Waals surface area contributed by atoms with Crippen molar-refractivity contribution in [3.63, 3.8) is 0 Å². The highest BCUT2D eigenvalue weighted by Gasteiger charge is 2.11. The Labute approximate surface area is 105 Å². The Balaban J connectivity index is 2.39. The van der Waals surface area contributed by atoms with Crippen molar-refractivity contribution in [1.82, 2.24) is 20.2 Å². The zero-order valence-corrected chi connectivity index (χ0v) is 10.5. The van der Waals surface area contributed by atoms with E-state index in [9.17, 15) is 0 Å². The molecule has 0 bridgehead atoms. The minimum Gasteiger partial charge on any atom is -0.398 e. The third kappa shape index (κ3) is 2.55. The number of nitrogens with zero attached hydrogens (tertiary/aromatic N) is 4. The van der Waals surface area contributed by atoms with Crippen LogP contribution < -0.4 is 5.73 Å². The molecule has 0 saturated carbocycles. The molecule has 0 aliphatic rings. The molecule has 0 unspecified atom stereocenters. The predicted octanol–water partition coefficient (Wildman–Crippen LogP) is 2.23. The van der Waals surface area contributed by atoms with Crippen LogP contribution in [-0.2, 0) is 6.54 Å². The van der Waals surface area contributed by atoms with Crippen LogP contribution >= 0.6 is 11.6 Å². The number of aromatic nitrogens is 4. The Morgan fingerprint density at radius 3 is 2.82 bits per heavy atom. The minimum absolute atomic E-state index is 0.474. The van der Waals surface area contributed by atoms with Crippen LogP contribution in [0.25, 0.3) is 11.4 Å². The third-order valence-electron chi connectivity index (χ3n) is 2.32. The van der Waals surface area contributed by atoms with Gasteiger partial charge in [-0.3, -0.25) is 0 Å². The SMILES string of the molecule is CC(C)Cn1nnnc1-c1ccc(Cl)c(N)c1. The Hall–Kier alpha value is -1.62. The largest absolute Gasteiger partial charge is 0.398 e. The molecule has 0 aliphatic heterocycles. The van der Waals surface area contributed by atoms with Crippen molar-refractivity contribution in [3.8, 4) is 11.4 Å². The second kappa shape index (κ2) is 4.71. The van der Waals surface area contributed by atoms with E-state index >= 15 is 0 Å². The lowest BCUT2D eigenvalue weighted by Gasteiger charge is -2.07. The van der Waals surface area contributed by atoms with Gasteiger partial charge < -0.3 is 5.73 Å². The van der Waals surface area contributed by atoms with E-state index in [1.54, 1.807) is 16.8 Å². The van der Waals surface area contributed by atoms with Crippen LogP contribution in [0.4, 0.5) is 5.69 Å². The van der Waals surface area contributed by atoms with Crippen molar-refractivity contribution in [2.75, 3.05) is 5.73 Å². The Bertz CT molecular complexity index is 520. The number of rotatable bonds is 3. The molecule has 1 aromatic heterocycles. The molecule has 6 heteroatoms.